The molecular weight excluding hydrogens is 334 g/mol. The molecule has 3 nitrogen and oxygen atoms in total. The third-order valence-electron chi connectivity index (χ3n) is 5.54. The molecule has 0 radical (unpaired) electrons. The van der Waals surface area contributed by atoms with Crippen molar-refractivity contribution < 1.29 is 9.53 Å². The summed E-state index contributed by atoms with van der Waals surface area (Å²) in [6.45, 7) is 1.27. The molecule has 138 valence electrons. The van der Waals surface area contributed by atoms with Crippen molar-refractivity contribution in [2.75, 3.05) is 7.11 Å². The lowest BCUT2D eigenvalue weighted by Gasteiger charge is -2.32. The average Bonchev–Trinajstić information content (AvgIpc) is 2.67. The second-order valence-corrected chi connectivity index (χ2v) is 7.31. The fourth-order valence-corrected chi connectivity index (χ4v) is 3.71. The molecule has 0 heterocycles. The van der Waals surface area contributed by atoms with E-state index >= 15 is 0 Å². The minimum absolute atomic E-state index is 0.193. The van der Waals surface area contributed by atoms with Crippen LogP contribution in [-0.4, -0.2) is 17.9 Å². The van der Waals surface area contributed by atoms with Gasteiger partial charge in [-0.2, -0.15) is 0 Å². The first-order valence-corrected chi connectivity index (χ1v) is 9.63. The Bertz CT molecular complexity index is 923. The first-order chi connectivity index (χ1) is 13.2. The molecule has 3 heteroatoms. The molecule has 0 N–H and O–H groups in total. The first-order valence-electron chi connectivity index (χ1n) is 9.63. The van der Waals surface area contributed by atoms with Crippen LogP contribution in [0.15, 0.2) is 66.7 Å². The van der Waals surface area contributed by atoms with Gasteiger partial charge in [0.25, 0.3) is 0 Å². The average molecular weight is 359 g/mol. The largest absolute Gasteiger partial charge is 0.497 e. The van der Waals surface area contributed by atoms with Crippen LogP contribution in [0, 0.1) is 5.92 Å². The quantitative estimate of drug-likeness (QED) is 0.607. The van der Waals surface area contributed by atoms with Crippen LogP contribution in [0.25, 0.3) is 10.8 Å². The highest BCUT2D eigenvalue weighted by Gasteiger charge is 2.29. The summed E-state index contributed by atoms with van der Waals surface area (Å²) in [5.74, 6) is 1.31. The Kier molecular flexibility index (Phi) is 5.10. The lowest BCUT2D eigenvalue weighted by molar-refractivity contribution is -0.139. The van der Waals surface area contributed by atoms with E-state index in [0.29, 0.717) is 13.1 Å². The topological polar surface area (TPSA) is 29.5 Å². The molecule has 0 atom stereocenters. The van der Waals surface area contributed by atoms with E-state index in [4.69, 9.17) is 4.74 Å². The zero-order chi connectivity index (χ0) is 18.6. The van der Waals surface area contributed by atoms with Gasteiger partial charge in [-0.25, -0.2) is 0 Å². The van der Waals surface area contributed by atoms with Gasteiger partial charge in [-0.15, -0.1) is 0 Å². The Labute approximate surface area is 160 Å². The Morgan fingerprint density at radius 3 is 2.41 bits per heavy atom. The summed E-state index contributed by atoms with van der Waals surface area (Å²) in [5.41, 5.74) is 2.33. The van der Waals surface area contributed by atoms with E-state index in [-0.39, 0.29) is 11.8 Å². The summed E-state index contributed by atoms with van der Waals surface area (Å²) in [4.78, 5) is 15.1. The van der Waals surface area contributed by atoms with Gasteiger partial charge in [0.05, 0.1) is 7.11 Å². The van der Waals surface area contributed by atoms with Gasteiger partial charge in [0, 0.05) is 19.0 Å². The van der Waals surface area contributed by atoms with Gasteiger partial charge in [-0.3, -0.25) is 4.79 Å². The Morgan fingerprint density at radius 1 is 0.963 bits per heavy atom. The summed E-state index contributed by atoms with van der Waals surface area (Å²) in [6.07, 6.45) is 3.21. The second kappa shape index (κ2) is 7.83. The van der Waals surface area contributed by atoms with Crippen molar-refractivity contribution in [3.63, 3.8) is 0 Å². The summed E-state index contributed by atoms with van der Waals surface area (Å²) in [6, 6.07) is 22.7. The molecule has 1 saturated carbocycles. The van der Waals surface area contributed by atoms with Crippen molar-refractivity contribution in [1.29, 1.82) is 0 Å². The predicted octanol–water partition coefficient (Wildman–Crippen LogP) is 5.18. The molecule has 4 rings (SSSR count). The highest BCUT2D eigenvalue weighted by Crippen LogP contribution is 2.30. The molecule has 0 bridgehead atoms. The molecule has 0 unspecified atom stereocenters. The maximum atomic E-state index is 13.1. The summed E-state index contributed by atoms with van der Waals surface area (Å²) < 4.78 is 5.25. The van der Waals surface area contributed by atoms with Gasteiger partial charge >= 0.3 is 0 Å². The van der Waals surface area contributed by atoms with Gasteiger partial charge < -0.3 is 9.64 Å². The molecule has 0 aliphatic heterocycles. The van der Waals surface area contributed by atoms with E-state index in [1.165, 1.54) is 22.8 Å². The second-order valence-electron chi connectivity index (χ2n) is 7.31. The molecule has 3 aromatic carbocycles. The minimum Gasteiger partial charge on any atom is -0.497 e. The van der Waals surface area contributed by atoms with Crippen LogP contribution in [0.1, 0.15) is 30.4 Å². The van der Waals surface area contributed by atoms with Crippen LogP contribution in [0.2, 0.25) is 0 Å². The number of methoxy groups -OCH3 is 1. The van der Waals surface area contributed by atoms with E-state index in [1.807, 2.05) is 29.2 Å². The van der Waals surface area contributed by atoms with Crippen molar-refractivity contribution in [2.45, 2.75) is 32.4 Å². The number of hydrogen-bond donors (Lipinski definition) is 0. The third kappa shape index (κ3) is 3.82. The molecule has 0 aromatic heterocycles. The highest BCUT2D eigenvalue weighted by molar-refractivity contribution is 5.86. The number of rotatable bonds is 6. The fourth-order valence-electron chi connectivity index (χ4n) is 3.71. The normalized spacial score (nSPS) is 14.0. The summed E-state index contributed by atoms with van der Waals surface area (Å²) in [7, 11) is 1.67. The van der Waals surface area contributed by atoms with Crippen molar-refractivity contribution in [1.82, 2.24) is 4.90 Å². The molecule has 1 aliphatic rings. The van der Waals surface area contributed by atoms with Crippen LogP contribution in [0.4, 0.5) is 0 Å². The van der Waals surface area contributed by atoms with Gasteiger partial charge in [0.15, 0.2) is 0 Å². The van der Waals surface area contributed by atoms with Crippen molar-refractivity contribution in [2.24, 2.45) is 5.92 Å². The molecule has 3 aromatic rings. The summed E-state index contributed by atoms with van der Waals surface area (Å²) >= 11 is 0. The molecular formula is C24H25NO2. The molecule has 1 amide bonds. The maximum absolute atomic E-state index is 13.1. The number of benzene rings is 3. The van der Waals surface area contributed by atoms with Crippen LogP contribution < -0.4 is 4.74 Å². The number of amides is 1. The monoisotopic (exact) mass is 359 g/mol. The van der Waals surface area contributed by atoms with E-state index in [1.54, 1.807) is 7.11 Å². The molecule has 1 aliphatic carbocycles. The van der Waals surface area contributed by atoms with Gasteiger partial charge in [-0.1, -0.05) is 61.0 Å². The third-order valence-corrected chi connectivity index (χ3v) is 5.54. The zero-order valence-electron chi connectivity index (χ0n) is 15.7. The van der Waals surface area contributed by atoms with Crippen LogP contribution in [0.5, 0.6) is 5.75 Å². The lowest BCUT2D eigenvalue weighted by atomic mass is 9.84. The number of carbonyl (C=O) groups excluding carboxylic acids is 1. The highest BCUT2D eigenvalue weighted by atomic mass is 16.5. The Morgan fingerprint density at radius 2 is 1.70 bits per heavy atom. The SMILES string of the molecule is COc1ccc(CN(Cc2cccc3ccccc23)C(=O)C2CCC2)cc1. The maximum Gasteiger partial charge on any atom is 0.226 e. The zero-order valence-corrected chi connectivity index (χ0v) is 15.7. The number of fused-ring (bicyclic) bond motifs is 1. The van der Waals surface area contributed by atoms with Crippen LogP contribution in [-0.2, 0) is 17.9 Å². The first kappa shape index (κ1) is 17.6. The van der Waals surface area contributed by atoms with Gasteiger partial charge in [0.1, 0.15) is 5.75 Å². The van der Waals surface area contributed by atoms with Crippen LogP contribution >= 0.6 is 0 Å². The van der Waals surface area contributed by atoms with Gasteiger partial charge in [0.2, 0.25) is 5.91 Å². The van der Waals surface area contributed by atoms with E-state index in [2.05, 4.69) is 42.5 Å². The van der Waals surface area contributed by atoms with Crippen molar-refractivity contribution in [3.8, 4) is 5.75 Å². The predicted molar refractivity (Wildman–Crippen MR) is 109 cm³/mol. The number of ether oxygens (including phenoxy) is 1. The fraction of sp³-hybridized carbons (Fsp3) is 0.292. The Hall–Kier alpha value is -2.81. The number of hydrogen-bond acceptors (Lipinski definition) is 2. The summed E-state index contributed by atoms with van der Waals surface area (Å²) in [5, 5.41) is 2.44. The molecule has 27 heavy (non-hydrogen) atoms. The van der Waals surface area contributed by atoms with E-state index < -0.39 is 0 Å². The minimum atomic E-state index is 0.193. The van der Waals surface area contributed by atoms with E-state index in [9.17, 15) is 4.79 Å². The van der Waals surface area contributed by atoms with Crippen LogP contribution in [0.3, 0.4) is 0 Å². The molecule has 1 fully saturated rings. The molecule has 0 spiro atoms. The van der Waals surface area contributed by atoms with Crippen molar-refractivity contribution in [3.05, 3.63) is 77.9 Å². The smallest absolute Gasteiger partial charge is 0.226 e. The molecule has 0 saturated heterocycles. The lowest BCUT2D eigenvalue weighted by Crippen LogP contribution is -2.38. The standard InChI is InChI=1S/C24H25NO2/c1-27-22-14-12-18(13-15-22)16-25(24(26)20-8-5-9-20)17-21-10-4-7-19-6-2-3-11-23(19)21/h2-4,6-7,10-15,20H,5,8-9,16-17H2,1H3. The Balaban J connectivity index is 1.61. The number of carbonyl (C=O) groups is 1. The van der Waals surface area contributed by atoms with E-state index in [0.717, 1.165) is 24.2 Å². The van der Waals surface area contributed by atoms with Crippen molar-refractivity contribution >= 4 is 16.7 Å². The number of nitrogens with zero attached hydrogens (tertiary/aromatic N) is 1. The van der Waals surface area contributed by atoms with Gasteiger partial charge in [-0.05, 0) is 46.9 Å².